The highest BCUT2D eigenvalue weighted by atomic mass is 35.5. The van der Waals surface area contributed by atoms with Crippen LogP contribution in [0.2, 0.25) is 5.02 Å². The van der Waals surface area contributed by atoms with Gasteiger partial charge in [-0.15, -0.1) is 11.8 Å². The highest BCUT2D eigenvalue weighted by Gasteiger charge is 2.20. The van der Waals surface area contributed by atoms with E-state index in [2.05, 4.69) is 17.4 Å². The molecule has 0 bridgehead atoms. The molecule has 1 unspecified atom stereocenters. The number of hydrogen-bond donors (Lipinski definition) is 1. The minimum atomic E-state index is -0.273. The maximum Gasteiger partial charge on any atom is 0.125 e. The van der Waals surface area contributed by atoms with E-state index in [1.54, 1.807) is 6.07 Å². The molecule has 1 N–H and O–H groups in total. The van der Waals surface area contributed by atoms with Crippen LogP contribution in [0.3, 0.4) is 0 Å². The third kappa shape index (κ3) is 2.72. The van der Waals surface area contributed by atoms with Crippen LogP contribution in [0.4, 0.5) is 10.1 Å². The van der Waals surface area contributed by atoms with Gasteiger partial charge in [0.05, 0.1) is 16.8 Å². The lowest BCUT2D eigenvalue weighted by atomic mass is 10.0. The first kappa shape index (κ1) is 12.8. The van der Waals surface area contributed by atoms with Gasteiger partial charge in [0.2, 0.25) is 0 Å². The Balaban J connectivity index is 1.90. The van der Waals surface area contributed by atoms with Crippen LogP contribution < -0.4 is 5.32 Å². The van der Waals surface area contributed by atoms with E-state index >= 15 is 0 Å². The molecule has 0 saturated carbocycles. The zero-order valence-corrected chi connectivity index (χ0v) is 11.8. The van der Waals surface area contributed by atoms with Crippen LogP contribution in [-0.2, 0) is 0 Å². The molecule has 2 aromatic carbocycles. The minimum absolute atomic E-state index is 0.191. The van der Waals surface area contributed by atoms with Gasteiger partial charge in [-0.3, -0.25) is 0 Å². The number of nitrogens with one attached hydrogen (secondary N) is 1. The van der Waals surface area contributed by atoms with Gasteiger partial charge < -0.3 is 5.32 Å². The minimum Gasteiger partial charge on any atom is -0.377 e. The molecule has 1 atom stereocenters. The summed E-state index contributed by atoms with van der Waals surface area (Å²) in [5, 5.41) is 3.91. The second-order valence-electron chi connectivity index (χ2n) is 4.50. The van der Waals surface area contributed by atoms with Crippen molar-refractivity contribution in [1.29, 1.82) is 0 Å². The Morgan fingerprint density at radius 1 is 1.21 bits per heavy atom. The van der Waals surface area contributed by atoms with Gasteiger partial charge >= 0.3 is 0 Å². The normalized spacial score (nSPS) is 17.9. The lowest BCUT2D eigenvalue weighted by Crippen LogP contribution is -2.16. The number of rotatable bonds is 2. The quantitative estimate of drug-likeness (QED) is 0.824. The first-order chi connectivity index (χ1) is 9.24. The maximum absolute atomic E-state index is 13.3. The molecule has 1 heterocycles. The Morgan fingerprint density at radius 2 is 2.05 bits per heavy atom. The standard InChI is InChI=1S/C15H13ClFNS/c16-12-6-5-10(17)9-14(12)18-13-7-8-19-15-4-2-1-3-11(13)15/h1-6,9,13,18H,7-8H2. The molecule has 1 aliphatic heterocycles. The van der Waals surface area contributed by atoms with Crippen LogP contribution in [-0.4, -0.2) is 5.75 Å². The molecule has 98 valence electrons. The number of anilines is 1. The summed E-state index contributed by atoms with van der Waals surface area (Å²) >= 11 is 7.97. The van der Waals surface area contributed by atoms with Gasteiger partial charge in [-0.2, -0.15) is 0 Å². The van der Waals surface area contributed by atoms with E-state index in [1.165, 1.54) is 22.6 Å². The van der Waals surface area contributed by atoms with Crippen molar-refractivity contribution in [3.8, 4) is 0 Å². The van der Waals surface area contributed by atoms with E-state index in [1.807, 2.05) is 23.9 Å². The van der Waals surface area contributed by atoms with E-state index in [4.69, 9.17) is 11.6 Å². The third-order valence-corrected chi connectivity index (χ3v) is 4.67. The van der Waals surface area contributed by atoms with Crippen LogP contribution in [0.15, 0.2) is 47.4 Å². The molecule has 19 heavy (non-hydrogen) atoms. The fraction of sp³-hybridized carbons (Fsp3) is 0.200. The summed E-state index contributed by atoms with van der Waals surface area (Å²) in [6, 6.07) is 12.9. The number of halogens is 2. The molecule has 0 radical (unpaired) electrons. The average Bonchev–Trinajstić information content (AvgIpc) is 2.43. The Hall–Kier alpha value is -1.19. The van der Waals surface area contributed by atoms with Crippen LogP contribution in [0.1, 0.15) is 18.0 Å². The molecular formula is C15H13ClFNS. The number of benzene rings is 2. The first-order valence-corrected chi connectivity index (χ1v) is 7.54. The highest BCUT2D eigenvalue weighted by Crippen LogP contribution is 2.38. The van der Waals surface area contributed by atoms with Crippen molar-refractivity contribution in [1.82, 2.24) is 0 Å². The molecule has 3 rings (SSSR count). The molecule has 0 aliphatic carbocycles. The Morgan fingerprint density at radius 3 is 2.95 bits per heavy atom. The lowest BCUT2D eigenvalue weighted by molar-refractivity contribution is 0.627. The predicted molar refractivity (Wildman–Crippen MR) is 79.6 cm³/mol. The summed E-state index contributed by atoms with van der Waals surface area (Å²) < 4.78 is 13.3. The molecule has 4 heteroatoms. The molecule has 0 fully saturated rings. The molecule has 2 aromatic rings. The summed E-state index contributed by atoms with van der Waals surface area (Å²) in [6.45, 7) is 0. The van der Waals surface area contributed by atoms with Crippen molar-refractivity contribution >= 4 is 29.1 Å². The summed E-state index contributed by atoms with van der Waals surface area (Å²) in [7, 11) is 0. The lowest BCUT2D eigenvalue weighted by Gasteiger charge is -2.27. The molecule has 0 saturated heterocycles. The largest absolute Gasteiger partial charge is 0.377 e. The van der Waals surface area contributed by atoms with Crippen molar-refractivity contribution in [2.45, 2.75) is 17.4 Å². The zero-order valence-electron chi connectivity index (χ0n) is 10.2. The van der Waals surface area contributed by atoms with Gasteiger partial charge in [-0.25, -0.2) is 4.39 Å². The van der Waals surface area contributed by atoms with Crippen molar-refractivity contribution in [2.24, 2.45) is 0 Å². The molecule has 0 spiro atoms. The van der Waals surface area contributed by atoms with Gasteiger partial charge in [-0.05, 0) is 36.2 Å². The van der Waals surface area contributed by atoms with Crippen LogP contribution in [0.5, 0.6) is 0 Å². The first-order valence-electron chi connectivity index (χ1n) is 6.17. The summed E-state index contributed by atoms with van der Waals surface area (Å²) in [5.41, 5.74) is 1.92. The Labute approximate surface area is 121 Å². The molecule has 1 aliphatic rings. The fourth-order valence-corrected chi connectivity index (χ4v) is 3.59. The second-order valence-corrected chi connectivity index (χ2v) is 6.04. The van der Waals surface area contributed by atoms with Gasteiger partial charge in [0.25, 0.3) is 0 Å². The molecule has 0 aromatic heterocycles. The van der Waals surface area contributed by atoms with Crippen LogP contribution >= 0.6 is 23.4 Å². The third-order valence-electron chi connectivity index (χ3n) is 3.22. The van der Waals surface area contributed by atoms with Gasteiger partial charge in [-0.1, -0.05) is 29.8 Å². The van der Waals surface area contributed by atoms with Crippen LogP contribution in [0, 0.1) is 5.82 Å². The smallest absolute Gasteiger partial charge is 0.125 e. The Bertz CT molecular complexity index is 602. The maximum atomic E-state index is 13.3. The zero-order chi connectivity index (χ0) is 13.2. The van der Waals surface area contributed by atoms with Gasteiger partial charge in [0.1, 0.15) is 5.82 Å². The van der Waals surface area contributed by atoms with Gasteiger partial charge in [0, 0.05) is 10.6 Å². The van der Waals surface area contributed by atoms with Crippen molar-refractivity contribution in [3.05, 3.63) is 58.9 Å². The number of thioether (sulfide) groups is 1. The summed E-state index contributed by atoms with van der Waals surface area (Å²) in [4.78, 5) is 1.29. The van der Waals surface area contributed by atoms with E-state index < -0.39 is 0 Å². The van der Waals surface area contributed by atoms with Crippen LogP contribution in [0.25, 0.3) is 0 Å². The molecule has 0 amide bonds. The van der Waals surface area contributed by atoms with Crippen molar-refractivity contribution < 1.29 is 4.39 Å². The SMILES string of the molecule is Fc1ccc(Cl)c(NC2CCSc3ccccc32)c1. The molecular weight excluding hydrogens is 281 g/mol. The summed E-state index contributed by atoms with van der Waals surface area (Å²) in [6.07, 6.45) is 1.01. The highest BCUT2D eigenvalue weighted by molar-refractivity contribution is 7.99. The van der Waals surface area contributed by atoms with Gasteiger partial charge in [0.15, 0.2) is 0 Å². The van der Waals surface area contributed by atoms with E-state index in [0.717, 1.165) is 12.2 Å². The number of fused-ring (bicyclic) bond motifs is 1. The van der Waals surface area contributed by atoms with E-state index in [-0.39, 0.29) is 11.9 Å². The number of hydrogen-bond acceptors (Lipinski definition) is 2. The predicted octanol–water partition coefficient (Wildman–Crippen LogP) is 5.13. The Kier molecular flexibility index (Phi) is 3.67. The summed E-state index contributed by atoms with van der Waals surface area (Å²) in [5.74, 6) is 0.784. The average molecular weight is 294 g/mol. The van der Waals surface area contributed by atoms with E-state index in [9.17, 15) is 4.39 Å². The fourth-order valence-electron chi connectivity index (χ4n) is 2.29. The van der Waals surface area contributed by atoms with Crippen molar-refractivity contribution in [2.75, 3.05) is 11.1 Å². The van der Waals surface area contributed by atoms with E-state index in [0.29, 0.717) is 10.7 Å². The molecule has 1 nitrogen and oxygen atoms in total. The topological polar surface area (TPSA) is 12.0 Å². The second kappa shape index (κ2) is 5.43. The van der Waals surface area contributed by atoms with Crippen molar-refractivity contribution in [3.63, 3.8) is 0 Å². The monoisotopic (exact) mass is 293 g/mol.